The molecule has 6 heteroatoms. The molecule has 90 valence electrons. The number of carbonyl (C=O) groups is 2. The second-order valence-electron chi connectivity index (χ2n) is 2.99. The maximum absolute atomic E-state index is 11.3. The minimum Gasteiger partial charge on any atom is -0.462 e. The monoisotopic (exact) mass is 246 g/mol. The molecule has 16 heavy (non-hydrogen) atoms. The number of hydrogen-bond acceptors (Lipinski definition) is 6. The molecule has 0 N–H and O–H groups in total. The Kier molecular flexibility index (Phi) is 5.95. The largest absolute Gasteiger partial charge is 0.462 e. The summed E-state index contributed by atoms with van der Waals surface area (Å²) in [6.07, 6.45) is 1.10. The average molecular weight is 246 g/mol. The quantitative estimate of drug-likeness (QED) is 0.526. The minimum atomic E-state index is -0.539. The van der Waals surface area contributed by atoms with Crippen molar-refractivity contribution in [1.82, 2.24) is 0 Å². The standard InChI is InChI=1S/C10H14O5S/c1-2-8(11)14-4-3-9(12)15-10-7-13-5-6-16-10/h2,10H,1,3-7H2. The summed E-state index contributed by atoms with van der Waals surface area (Å²) in [5, 5.41) is 0. The fourth-order valence-electron chi connectivity index (χ4n) is 1.03. The van der Waals surface area contributed by atoms with E-state index in [1.807, 2.05) is 0 Å². The van der Waals surface area contributed by atoms with Crippen LogP contribution < -0.4 is 0 Å². The maximum Gasteiger partial charge on any atom is 0.330 e. The molecule has 0 saturated carbocycles. The molecule has 0 spiro atoms. The van der Waals surface area contributed by atoms with Crippen molar-refractivity contribution in [2.75, 3.05) is 25.6 Å². The van der Waals surface area contributed by atoms with Gasteiger partial charge in [-0.1, -0.05) is 6.58 Å². The zero-order valence-corrected chi connectivity index (χ0v) is 9.66. The van der Waals surface area contributed by atoms with Gasteiger partial charge in [-0.2, -0.15) is 0 Å². The first-order chi connectivity index (χ1) is 7.72. The van der Waals surface area contributed by atoms with E-state index in [4.69, 9.17) is 9.47 Å². The van der Waals surface area contributed by atoms with E-state index in [2.05, 4.69) is 11.3 Å². The number of carbonyl (C=O) groups excluding carboxylic acids is 2. The van der Waals surface area contributed by atoms with Crippen molar-refractivity contribution in [2.24, 2.45) is 0 Å². The van der Waals surface area contributed by atoms with Crippen LogP contribution in [0.25, 0.3) is 0 Å². The predicted molar refractivity (Wildman–Crippen MR) is 58.9 cm³/mol. The molecule has 0 aliphatic carbocycles. The summed E-state index contributed by atoms with van der Waals surface area (Å²) in [5.41, 5.74) is -0.239. The molecule has 1 unspecified atom stereocenters. The average Bonchev–Trinajstić information content (AvgIpc) is 2.30. The van der Waals surface area contributed by atoms with Gasteiger partial charge in [0.25, 0.3) is 0 Å². The first kappa shape index (κ1) is 13.1. The van der Waals surface area contributed by atoms with Crippen LogP contribution >= 0.6 is 11.8 Å². The minimum absolute atomic E-state index is 0.0158. The molecule has 1 fully saturated rings. The molecule has 0 bridgehead atoms. The molecular weight excluding hydrogens is 232 g/mol. The highest BCUT2D eigenvalue weighted by Gasteiger charge is 2.18. The Morgan fingerprint density at radius 1 is 1.56 bits per heavy atom. The summed E-state index contributed by atoms with van der Waals surface area (Å²) in [6.45, 7) is 4.37. The van der Waals surface area contributed by atoms with Gasteiger partial charge in [-0.15, -0.1) is 11.8 Å². The highest BCUT2D eigenvalue weighted by Crippen LogP contribution is 2.17. The van der Waals surface area contributed by atoms with Gasteiger partial charge in [0, 0.05) is 11.8 Å². The van der Waals surface area contributed by atoms with E-state index in [0.717, 1.165) is 11.8 Å². The smallest absolute Gasteiger partial charge is 0.330 e. The third kappa shape index (κ3) is 5.18. The van der Waals surface area contributed by atoms with Crippen molar-refractivity contribution in [1.29, 1.82) is 0 Å². The third-order valence-electron chi connectivity index (χ3n) is 1.77. The van der Waals surface area contributed by atoms with Crippen molar-refractivity contribution >= 4 is 23.7 Å². The van der Waals surface area contributed by atoms with E-state index in [1.165, 1.54) is 0 Å². The lowest BCUT2D eigenvalue weighted by atomic mass is 10.4. The van der Waals surface area contributed by atoms with Crippen LogP contribution in [0, 0.1) is 0 Å². The molecule has 1 rings (SSSR count). The van der Waals surface area contributed by atoms with Crippen molar-refractivity contribution in [2.45, 2.75) is 11.9 Å². The fraction of sp³-hybridized carbons (Fsp3) is 0.600. The molecule has 1 atom stereocenters. The van der Waals surface area contributed by atoms with Gasteiger partial charge in [0.1, 0.15) is 6.61 Å². The van der Waals surface area contributed by atoms with Crippen LogP contribution in [0.3, 0.4) is 0 Å². The molecule has 0 aromatic rings. The number of hydrogen-bond donors (Lipinski definition) is 0. The van der Waals surface area contributed by atoms with Gasteiger partial charge >= 0.3 is 11.9 Å². The van der Waals surface area contributed by atoms with Crippen LogP contribution in [0.5, 0.6) is 0 Å². The molecule has 0 amide bonds. The summed E-state index contributed by atoms with van der Waals surface area (Å²) in [7, 11) is 0. The van der Waals surface area contributed by atoms with Crippen molar-refractivity contribution in [3.05, 3.63) is 12.7 Å². The van der Waals surface area contributed by atoms with E-state index >= 15 is 0 Å². The molecule has 1 aliphatic rings. The number of esters is 2. The van der Waals surface area contributed by atoms with E-state index in [0.29, 0.717) is 13.2 Å². The van der Waals surface area contributed by atoms with Gasteiger partial charge in [-0.3, -0.25) is 4.79 Å². The van der Waals surface area contributed by atoms with Crippen molar-refractivity contribution in [3.8, 4) is 0 Å². The fourth-order valence-corrected chi connectivity index (χ4v) is 1.88. The number of thioether (sulfide) groups is 1. The molecule has 1 saturated heterocycles. The lowest BCUT2D eigenvalue weighted by Gasteiger charge is -2.21. The van der Waals surface area contributed by atoms with Crippen LogP contribution in [0.15, 0.2) is 12.7 Å². The lowest BCUT2D eigenvalue weighted by Crippen LogP contribution is -2.26. The second-order valence-corrected chi connectivity index (χ2v) is 4.25. The molecule has 5 nitrogen and oxygen atoms in total. The van der Waals surface area contributed by atoms with Crippen LogP contribution in [-0.4, -0.2) is 42.9 Å². The summed E-state index contributed by atoms with van der Waals surface area (Å²) >= 11 is 1.54. The number of ether oxygens (including phenoxy) is 3. The van der Waals surface area contributed by atoms with Crippen LogP contribution in [-0.2, 0) is 23.8 Å². The van der Waals surface area contributed by atoms with Gasteiger partial charge in [0.2, 0.25) is 0 Å². The topological polar surface area (TPSA) is 61.8 Å². The molecule has 0 aromatic carbocycles. The Labute approximate surface area is 98.1 Å². The van der Waals surface area contributed by atoms with E-state index in [1.54, 1.807) is 11.8 Å². The zero-order chi connectivity index (χ0) is 11.8. The summed E-state index contributed by atoms with van der Waals surface area (Å²) in [5.74, 6) is -0.105. The molecule has 1 heterocycles. The second kappa shape index (κ2) is 7.29. The summed E-state index contributed by atoms with van der Waals surface area (Å²) in [4.78, 5) is 21.9. The van der Waals surface area contributed by atoms with Gasteiger partial charge in [0.15, 0.2) is 5.44 Å². The summed E-state index contributed by atoms with van der Waals surface area (Å²) in [6, 6.07) is 0. The van der Waals surface area contributed by atoms with Crippen molar-refractivity contribution in [3.63, 3.8) is 0 Å². The summed E-state index contributed by atoms with van der Waals surface area (Å²) < 4.78 is 14.9. The Morgan fingerprint density at radius 2 is 2.38 bits per heavy atom. The maximum atomic E-state index is 11.3. The van der Waals surface area contributed by atoms with Gasteiger partial charge in [-0.05, 0) is 0 Å². The zero-order valence-electron chi connectivity index (χ0n) is 8.85. The van der Waals surface area contributed by atoms with Crippen LogP contribution in [0.4, 0.5) is 0 Å². The molecule has 0 aromatic heterocycles. The first-order valence-electron chi connectivity index (χ1n) is 4.90. The molecule has 0 radical (unpaired) electrons. The Balaban J connectivity index is 2.10. The SMILES string of the molecule is C=CC(=O)OCCC(=O)OC1COCCS1. The highest BCUT2D eigenvalue weighted by atomic mass is 32.2. The number of rotatable bonds is 5. The first-order valence-corrected chi connectivity index (χ1v) is 5.95. The van der Waals surface area contributed by atoms with Gasteiger partial charge in [0.05, 0.1) is 19.6 Å². The van der Waals surface area contributed by atoms with E-state index in [9.17, 15) is 9.59 Å². The third-order valence-corrected chi connectivity index (χ3v) is 2.77. The Hall–Kier alpha value is -1.01. The highest BCUT2D eigenvalue weighted by molar-refractivity contribution is 7.99. The molecule has 1 aliphatic heterocycles. The van der Waals surface area contributed by atoms with Crippen molar-refractivity contribution < 1.29 is 23.8 Å². The van der Waals surface area contributed by atoms with E-state index < -0.39 is 5.97 Å². The predicted octanol–water partition coefficient (Wildman–Crippen LogP) is 0.738. The molecular formula is C10H14O5S. The Morgan fingerprint density at radius 3 is 3.00 bits per heavy atom. The van der Waals surface area contributed by atoms with Gasteiger partial charge in [-0.25, -0.2) is 4.79 Å². The van der Waals surface area contributed by atoms with E-state index in [-0.39, 0.29) is 24.4 Å². The normalized spacial score (nSPS) is 19.9. The Bertz CT molecular complexity index is 260. The van der Waals surface area contributed by atoms with Crippen LogP contribution in [0.2, 0.25) is 0 Å². The van der Waals surface area contributed by atoms with Gasteiger partial charge < -0.3 is 14.2 Å². The lowest BCUT2D eigenvalue weighted by molar-refractivity contribution is -0.150. The van der Waals surface area contributed by atoms with Crippen LogP contribution in [0.1, 0.15) is 6.42 Å².